The van der Waals surface area contributed by atoms with Crippen molar-refractivity contribution >= 4 is 44.8 Å². The number of sulfonamides is 1. The Hall–Kier alpha value is -1.76. The first-order valence-electron chi connectivity index (χ1n) is 10.5. The van der Waals surface area contributed by atoms with Crippen LogP contribution in [0.25, 0.3) is 0 Å². The lowest BCUT2D eigenvalue weighted by Crippen LogP contribution is -2.30. The Balaban J connectivity index is 2.11. The molecule has 1 amide bonds. The number of nitrogens with zero attached hydrogens (tertiary/aromatic N) is 1. The molecule has 0 aliphatic rings. The van der Waals surface area contributed by atoms with Crippen molar-refractivity contribution in [1.29, 1.82) is 0 Å². The minimum absolute atomic E-state index is 0.0791. The molecule has 5 nitrogen and oxygen atoms in total. The van der Waals surface area contributed by atoms with E-state index >= 15 is 0 Å². The summed E-state index contributed by atoms with van der Waals surface area (Å²) in [6.07, 6.45) is 5.58. The molecule has 2 aromatic rings. The minimum Gasteiger partial charge on any atom is -0.352 e. The molecule has 1 atom stereocenters. The minimum atomic E-state index is -3.60. The quantitative estimate of drug-likeness (QED) is 0.431. The van der Waals surface area contributed by atoms with E-state index in [9.17, 15) is 13.2 Å². The summed E-state index contributed by atoms with van der Waals surface area (Å²) in [5, 5.41) is 3.47. The topological polar surface area (TPSA) is 66.5 Å². The summed E-state index contributed by atoms with van der Waals surface area (Å²) in [6, 6.07) is 11.8. The van der Waals surface area contributed by atoms with E-state index < -0.39 is 10.0 Å². The standard InChI is InChI=1S/C23H30Cl2N2O3S/c1-4-6-8-17(5-2)15-26-23(28)19-13-11-18(12-14-19)16-27(31(3,29)30)21-10-7-9-20(24)22(21)25/h7,9-14,17H,4-6,8,15-16H2,1-3H3,(H,26,28)/t17-/m0/s1. The molecular formula is C23H30Cl2N2O3S. The third-order valence-electron chi connectivity index (χ3n) is 5.24. The smallest absolute Gasteiger partial charge is 0.251 e. The van der Waals surface area contributed by atoms with Crippen molar-refractivity contribution in [3.63, 3.8) is 0 Å². The van der Waals surface area contributed by atoms with Gasteiger partial charge >= 0.3 is 0 Å². The van der Waals surface area contributed by atoms with E-state index in [1.54, 1.807) is 42.5 Å². The van der Waals surface area contributed by atoms with Crippen LogP contribution < -0.4 is 9.62 Å². The van der Waals surface area contributed by atoms with Gasteiger partial charge in [-0.2, -0.15) is 0 Å². The Kier molecular flexibility index (Phi) is 9.66. The van der Waals surface area contributed by atoms with E-state index in [1.165, 1.54) is 4.31 Å². The van der Waals surface area contributed by atoms with Crippen LogP contribution in [0.1, 0.15) is 55.5 Å². The first-order chi connectivity index (χ1) is 14.7. The van der Waals surface area contributed by atoms with Crippen molar-refractivity contribution in [3.05, 3.63) is 63.6 Å². The highest BCUT2D eigenvalue weighted by Crippen LogP contribution is 2.34. The van der Waals surface area contributed by atoms with E-state index in [4.69, 9.17) is 23.2 Å². The molecule has 31 heavy (non-hydrogen) atoms. The second-order valence-electron chi connectivity index (χ2n) is 7.67. The molecule has 0 aliphatic heterocycles. The molecule has 0 heterocycles. The summed E-state index contributed by atoms with van der Waals surface area (Å²) >= 11 is 12.3. The molecule has 1 N–H and O–H groups in total. The van der Waals surface area contributed by atoms with Crippen LogP contribution in [0, 0.1) is 5.92 Å². The number of nitrogens with one attached hydrogen (secondary N) is 1. The van der Waals surface area contributed by atoms with Gasteiger partial charge < -0.3 is 5.32 Å². The number of hydrogen-bond acceptors (Lipinski definition) is 3. The average molecular weight is 485 g/mol. The number of amides is 1. The molecule has 0 saturated heterocycles. The predicted molar refractivity (Wildman–Crippen MR) is 130 cm³/mol. The highest BCUT2D eigenvalue weighted by atomic mass is 35.5. The molecule has 0 aromatic heterocycles. The summed E-state index contributed by atoms with van der Waals surface area (Å²) in [5.41, 5.74) is 1.59. The highest BCUT2D eigenvalue weighted by Gasteiger charge is 2.21. The van der Waals surface area contributed by atoms with Crippen LogP contribution in [0.3, 0.4) is 0 Å². The maximum Gasteiger partial charge on any atom is 0.251 e. The maximum atomic E-state index is 12.5. The molecule has 0 aliphatic carbocycles. The molecule has 2 rings (SSSR count). The van der Waals surface area contributed by atoms with E-state index in [0.29, 0.717) is 23.7 Å². The molecular weight excluding hydrogens is 455 g/mol. The van der Waals surface area contributed by atoms with Gasteiger partial charge in [0.1, 0.15) is 0 Å². The number of halogens is 2. The van der Waals surface area contributed by atoms with E-state index in [2.05, 4.69) is 19.2 Å². The summed E-state index contributed by atoms with van der Waals surface area (Å²) < 4.78 is 26.0. The molecule has 2 aromatic carbocycles. The van der Waals surface area contributed by atoms with Gasteiger partial charge in [0.05, 0.1) is 28.5 Å². The Bertz CT molecular complexity index is 979. The molecule has 0 saturated carbocycles. The zero-order chi connectivity index (χ0) is 23.0. The molecule has 0 fully saturated rings. The first-order valence-corrected chi connectivity index (χ1v) is 13.1. The lowest BCUT2D eigenvalue weighted by Gasteiger charge is -2.24. The fourth-order valence-electron chi connectivity index (χ4n) is 3.28. The highest BCUT2D eigenvalue weighted by molar-refractivity contribution is 7.92. The Labute approximate surface area is 195 Å². The Morgan fingerprint density at radius 1 is 1.10 bits per heavy atom. The number of hydrogen-bond donors (Lipinski definition) is 1. The van der Waals surface area contributed by atoms with Gasteiger partial charge in [-0.25, -0.2) is 8.42 Å². The number of unbranched alkanes of at least 4 members (excludes halogenated alkanes) is 1. The molecule has 0 spiro atoms. The number of carbonyl (C=O) groups excluding carboxylic acids is 1. The molecule has 170 valence electrons. The van der Waals surface area contributed by atoms with Crippen molar-refractivity contribution in [2.24, 2.45) is 5.92 Å². The lowest BCUT2D eigenvalue weighted by molar-refractivity contribution is 0.0946. The average Bonchev–Trinajstić information content (AvgIpc) is 2.74. The molecule has 0 unspecified atom stereocenters. The largest absolute Gasteiger partial charge is 0.352 e. The van der Waals surface area contributed by atoms with E-state index in [1.807, 2.05) is 0 Å². The van der Waals surface area contributed by atoms with Crippen LogP contribution in [0.15, 0.2) is 42.5 Å². The van der Waals surface area contributed by atoms with Crippen molar-refractivity contribution in [2.45, 2.75) is 46.1 Å². The Morgan fingerprint density at radius 3 is 2.35 bits per heavy atom. The fraction of sp³-hybridized carbons (Fsp3) is 0.435. The number of anilines is 1. The zero-order valence-corrected chi connectivity index (χ0v) is 20.5. The maximum absolute atomic E-state index is 12.5. The van der Waals surface area contributed by atoms with Crippen LogP contribution in [0.4, 0.5) is 5.69 Å². The summed E-state index contributed by atoms with van der Waals surface area (Å²) in [4.78, 5) is 12.5. The van der Waals surface area contributed by atoms with Crippen LogP contribution in [0.5, 0.6) is 0 Å². The summed E-state index contributed by atoms with van der Waals surface area (Å²) in [5.74, 6) is 0.355. The number of rotatable bonds is 11. The van der Waals surface area contributed by atoms with Crippen LogP contribution in [-0.2, 0) is 16.6 Å². The third kappa shape index (κ3) is 7.41. The van der Waals surface area contributed by atoms with Gasteiger partial charge in [-0.1, -0.05) is 74.5 Å². The zero-order valence-electron chi connectivity index (χ0n) is 18.2. The van der Waals surface area contributed by atoms with Gasteiger partial charge in [-0.15, -0.1) is 0 Å². The van der Waals surface area contributed by atoms with Crippen LogP contribution >= 0.6 is 23.2 Å². The first kappa shape index (κ1) is 25.5. The number of carbonyl (C=O) groups is 1. The third-order valence-corrected chi connectivity index (χ3v) is 7.17. The van der Waals surface area contributed by atoms with E-state index in [-0.39, 0.29) is 22.5 Å². The van der Waals surface area contributed by atoms with Gasteiger partial charge in [-0.3, -0.25) is 9.10 Å². The van der Waals surface area contributed by atoms with Gasteiger partial charge in [-0.05, 0) is 42.2 Å². The molecule has 0 radical (unpaired) electrons. The van der Waals surface area contributed by atoms with Gasteiger partial charge in [0.2, 0.25) is 10.0 Å². The SMILES string of the molecule is CCCC[C@H](CC)CNC(=O)c1ccc(CN(c2cccc(Cl)c2Cl)S(C)(=O)=O)cc1. The molecule has 8 heteroatoms. The van der Waals surface area contributed by atoms with Crippen molar-refractivity contribution in [1.82, 2.24) is 5.32 Å². The van der Waals surface area contributed by atoms with Crippen molar-refractivity contribution in [2.75, 3.05) is 17.1 Å². The summed E-state index contributed by atoms with van der Waals surface area (Å²) in [7, 11) is -3.60. The Morgan fingerprint density at radius 2 is 1.77 bits per heavy atom. The van der Waals surface area contributed by atoms with Crippen molar-refractivity contribution < 1.29 is 13.2 Å². The van der Waals surface area contributed by atoms with E-state index in [0.717, 1.165) is 37.5 Å². The molecule has 0 bridgehead atoms. The second kappa shape index (κ2) is 11.7. The summed E-state index contributed by atoms with van der Waals surface area (Å²) in [6.45, 7) is 5.04. The monoisotopic (exact) mass is 484 g/mol. The van der Waals surface area contributed by atoms with Crippen LogP contribution in [-0.4, -0.2) is 27.1 Å². The van der Waals surface area contributed by atoms with Gasteiger partial charge in [0.25, 0.3) is 5.91 Å². The lowest BCUT2D eigenvalue weighted by atomic mass is 9.99. The normalized spacial score (nSPS) is 12.4. The number of benzene rings is 2. The predicted octanol–water partition coefficient (Wildman–Crippen LogP) is 5.91. The van der Waals surface area contributed by atoms with Gasteiger partial charge in [0, 0.05) is 12.1 Å². The van der Waals surface area contributed by atoms with Crippen LogP contribution in [0.2, 0.25) is 10.0 Å². The van der Waals surface area contributed by atoms with Gasteiger partial charge in [0.15, 0.2) is 0 Å². The fourth-order valence-corrected chi connectivity index (χ4v) is 4.62. The second-order valence-corrected chi connectivity index (χ2v) is 10.4. The van der Waals surface area contributed by atoms with Crippen molar-refractivity contribution in [3.8, 4) is 0 Å².